The molecule has 9 heterocycles. The number of thiazole rings is 2. The number of ether oxygens (including phenoxy) is 3. The van der Waals surface area contributed by atoms with Gasteiger partial charge in [-0.25, -0.2) is 19.4 Å². The Kier molecular flexibility index (Phi) is 14.5. The first-order valence-corrected chi connectivity index (χ1v) is 27.2. The summed E-state index contributed by atoms with van der Waals surface area (Å²) in [4.78, 5) is 146. The fourth-order valence-electron chi connectivity index (χ4n) is 10.0. The third-order valence-electron chi connectivity index (χ3n) is 14.3. The van der Waals surface area contributed by atoms with Gasteiger partial charge in [0, 0.05) is 65.7 Å². The number of imidazole rings is 1. The maximum atomic E-state index is 13.1. The van der Waals surface area contributed by atoms with E-state index in [0.717, 1.165) is 28.0 Å². The van der Waals surface area contributed by atoms with Gasteiger partial charge in [-0.2, -0.15) is 0 Å². The largest absolute Gasteiger partial charge is 0.497 e. The van der Waals surface area contributed by atoms with E-state index in [0.29, 0.717) is 51.1 Å². The van der Waals surface area contributed by atoms with Crippen molar-refractivity contribution < 1.29 is 67.0 Å². The van der Waals surface area contributed by atoms with Crippen LogP contribution in [0.2, 0.25) is 0 Å². The normalized spacial score (nSPS) is 21.2. The molecule has 418 valence electrons. The van der Waals surface area contributed by atoms with Crippen LogP contribution in [-0.4, -0.2) is 151 Å². The van der Waals surface area contributed by atoms with Gasteiger partial charge in [0.15, 0.2) is 37.9 Å². The summed E-state index contributed by atoms with van der Waals surface area (Å²) < 4.78 is 18.6. The number of urea groups is 3. The molecule has 0 bridgehead atoms. The number of alkyl halides is 1. The van der Waals surface area contributed by atoms with E-state index in [1.54, 1.807) is 75.6 Å². The average Bonchev–Trinajstić information content (AvgIpc) is 4.54. The number of Topliss-reactive ketones (excluding diaryl/α,β-unsaturated/α-hetero) is 2. The van der Waals surface area contributed by atoms with Crippen LogP contribution >= 0.6 is 38.6 Å². The first-order valence-electron chi connectivity index (χ1n) is 24.3. The highest BCUT2D eigenvalue weighted by Crippen LogP contribution is 2.34. The molecule has 6 aliphatic rings. The van der Waals surface area contributed by atoms with Gasteiger partial charge in [-0.1, -0.05) is 34.1 Å². The topological polar surface area (TPSA) is 343 Å². The van der Waals surface area contributed by atoms with Crippen LogP contribution in [0, 0.1) is 5.41 Å². The zero-order valence-electron chi connectivity index (χ0n) is 42.8. The Labute approximate surface area is 473 Å². The van der Waals surface area contributed by atoms with E-state index in [9.17, 15) is 52.7 Å². The Hall–Kier alpha value is -9.29. The molecule has 3 aromatic heterocycles. The highest BCUT2D eigenvalue weighted by Gasteiger charge is 2.56. The minimum atomic E-state index is -1.92. The molecule has 3 fully saturated rings. The van der Waals surface area contributed by atoms with Crippen molar-refractivity contribution >= 4 is 109 Å². The Balaban J connectivity index is 0.000000137. The van der Waals surface area contributed by atoms with Crippen molar-refractivity contribution in [1.82, 2.24) is 60.6 Å². The summed E-state index contributed by atoms with van der Waals surface area (Å²) >= 11 is 5.57. The fourth-order valence-corrected chi connectivity index (χ4v) is 11.8. The van der Waals surface area contributed by atoms with Gasteiger partial charge in [-0.3, -0.25) is 64.1 Å². The summed E-state index contributed by atoms with van der Waals surface area (Å²) in [6, 6.07) is 13.4. The monoisotopic (exact) mass is 1210 g/mol. The van der Waals surface area contributed by atoms with Crippen LogP contribution in [0.1, 0.15) is 53.5 Å². The first kappa shape index (κ1) is 55.0. The first-order chi connectivity index (χ1) is 38.7. The third-order valence-corrected chi connectivity index (χ3v) is 16.3. The van der Waals surface area contributed by atoms with Gasteiger partial charge in [0.2, 0.25) is 0 Å². The van der Waals surface area contributed by atoms with E-state index < -0.39 is 64.0 Å². The Morgan fingerprint density at radius 2 is 1.05 bits per heavy atom. The number of fused-ring (bicyclic) bond motifs is 4. The number of benzene rings is 3. The van der Waals surface area contributed by atoms with Gasteiger partial charge in [-0.05, 0) is 53.1 Å². The third kappa shape index (κ3) is 9.89. The average molecular weight is 1210 g/mol. The van der Waals surface area contributed by atoms with Gasteiger partial charge in [-0.15, -0.1) is 22.7 Å². The minimum absolute atomic E-state index is 0.0226. The van der Waals surface area contributed by atoms with Crippen LogP contribution in [0.4, 0.5) is 14.4 Å². The SMILES string of the molecule is COc1ccc2c(c1)C(=O)N(C[C@@]1(C(=O)CBr)NC(=O)NC1=O)C2.COc1ccc2c(c1)C(=O)N(C[C@@]1(C(=O)Cn3ccsc3=N)NC(=O)NC1=O)C2.COc1ccc2c(c1)C(=O)N(C[C@@]1(c3cn4ccsc4n3)NC(=O)NC1=O)C2. The second kappa shape index (κ2) is 21.4. The number of hydrogen-bond donors (Lipinski definition) is 7. The number of carbonyl (C=O) groups excluding carboxylic acids is 11. The minimum Gasteiger partial charge on any atom is -0.497 e. The molecular weight excluding hydrogens is 1160 g/mol. The van der Waals surface area contributed by atoms with Gasteiger partial charge in [0.25, 0.3) is 35.4 Å². The smallest absolute Gasteiger partial charge is 0.322 e. The van der Waals surface area contributed by atoms with Crippen LogP contribution in [0.15, 0.2) is 83.9 Å². The lowest BCUT2D eigenvalue weighted by Crippen LogP contribution is -2.61. The van der Waals surface area contributed by atoms with E-state index >= 15 is 0 Å². The number of nitrogens with zero attached hydrogens (tertiary/aromatic N) is 6. The second-order valence-electron chi connectivity index (χ2n) is 19.0. The quantitative estimate of drug-likeness (QED) is 0.0431. The number of halogens is 1. The molecular formula is C51H46BrN13O14S2. The molecule has 27 nitrogen and oxygen atoms in total. The van der Waals surface area contributed by atoms with Crippen molar-refractivity contribution in [2.24, 2.45) is 0 Å². The molecule has 7 N–H and O–H groups in total. The van der Waals surface area contributed by atoms with Gasteiger partial charge >= 0.3 is 18.1 Å². The van der Waals surface area contributed by atoms with E-state index in [1.807, 2.05) is 17.6 Å². The summed E-state index contributed by atoms with van der Waals surface area (Å²) in [5.74, 6) is -2.46. The predicted octanol–water partition coefficient (Wildman–Crippen LogP) is 1.13. The van der Waals surface area contributed by atoms with Crippen molar-refractivity contribution in [2.45, 2.75) is 42.8 Å². The van der Waals surface area contributed by atoms with Crippen molar-refractivity contribution in [3.8, 4) is 17.2 Å². The molecule has 81 heavy (non-hydrogen) atoms. The number of amides is 12. The Bertz CT molecular complexity index is 3750. The zero-order valence-corrected chi connectivity index (χ0v) is 46.1. The lowest BCUT2D eigenvalue weighted by molar-refractivity contribution is -0.136. The number of hydrogen-bond acceptors (Lipinski definition) is 18. The van der Waals surface area contributed by atoms with Crippen LogP contribution in [0.5, 0.6) is 17.2 Å². The molecule has 30 heteroatoms. The number of aromatic nitrogens is 3. The molecule has 3 aromatic carbocycles. The number of rotatable bonds is 15. The van der Waals surface area contributed by atoms with Crippen LogP contribution in [-0.2, 0) is 55.7 Å². The van der Waals surface area contributed by atoms with Crippen LogP contribution in [0.25, 0.3) is 4.96 Å². The number of carbonyl (C=O) groups is 11. The fraction of sp³-hybridized carbons (Fsp3) is 0.275. The van der Waals surface area contributed by atoms with Gasteiger partial charge in [0.1, 0.15) is 17.2 Å². The summed E-state index contributed by atoms with van der Waals surface area (Å²) in [6.45, 7) is -0.0539. The molecule has 0 saturated carbocycles. The molecule has 3 saturated heterocycles. The summed E-state index contributed by atoms with van der Waals surface area (Å²) in [6.07, 6.45) is 5.08. The summed E-state index contributed by atoms with van der Waals surface area (Å²) in [7, 11) is 4.53. The maximum absolute atomic E-state index is 13.1. The summed E-state index contributed by atoms with van der Waals surface area (Å²) in [5, 5.41) is 25.1. The number of imide groups is 3. The molecule has 3 atom stereocenters. The number of ketones is 2. The van der Waals surface area contributed by atoms with Crippen molar-refractivity contribution in [3.63, 3.8) is 0 Å². The highest BCUT2D eigenvalue weighted by molar-refractivity contribution is 9.09. The molecule has 6 aliphatic heterocycles. The molecule has 0 radical (unpaired) electrons. The number of nitrogens with one attached hydrogen (secondary N) is 7. The van der Waals surface area contributed by atoms with Gasteiger partial charge < -0.3 is 49.4 Å². The Morgan fingerprint density at radius 3 is 1.44 bits per heavy atom. The van der Waals surface area contributed by atoms with E-state index in [-0.39, 0.29) is 67.1 Å². The van der Waals surface area contributed by atoms with E-state index in [4.69, 9.17) is 19.6 Å². The lowest BCUT2D eigenvalue weighted by Gasteiger charge is -2.29. The predicted molar refractivity (Wildman–Crippen MR) is 285 cm³/mol. The molecule has 0 unspecified atom stereocenters. The number of methoxy groups -OCH3 is 3. The second-order valence-corrected chi connectivity index (χ2v) is 21.4. The maximum Gasteiger partial charge on any atom is 0.322 e. The standard InChI is InChI=1S/C18H17N5O5S.C18H15N5O4S.C15H14BrN3O5/c1-28-11-3-2-10-7-23(14(25)12(10)6-11)9-18(15(26)20-17(27)21-18)13(24)8-22-4-5-29-16(22)19;1-27-11-3-2-10-7-23(14(24)12(10)6-11)9-18(15(25)20-16(26)21-18)13-8-22-4-5-28-17(22)19-13;1-24-9-3-2-8-6-19(12(21)10(8)4-9)7-15(11(20)5-16)13(22)17-14(23)18-15/h2-6,19H,7-9H2,1H3,(H2,20,21,26,27);2-6,8H,7,9H2,1H3,(H2,20,21,25,26);2-4H,5-7H2,1H3,(H2,17,18,22,23)/t2*18-;15-/m000/s1. The van der Waals surface area contributed by atoms with E-state index in [1.165, 1.54) is 47.0 Å². The van der Waals surface area contributed by atoms with Crippen molar-refractivity contribution in [3.05, 3.63) is 128 Å². The van der Waals surface area contributed by atoms with Gasteiger partial charge in [0.05, 0.1) is 58.5 Å². The molecule has 12 rings (SSSR count). The molecule has 6 aromatic rings. The molecule has 0 spiro atoms. The lowest BCUT2D eigenvalue weighted by atomic mass is 9.93. The molecule has 12 amide bonds. The van der Waals surface area contributed by atoms with Crippen LogP contribution in [0.3, 0.4) is 0 Å². The zero-order chi connectivity index (χ0) is 57.7. The summed E-state index contributed by atoms with van der Waals surface area (Å²) in [5.41, 5.74) is -0.966. The van der Waals surface area contributed by atoms with E-state index in [2.05, 4.69) is 52.8 Å². The van der Waals surface area contributed by atoms with Crippen molar-refractivity contribution in [2.75, 3.05) is 46.3 Å². The Morgan fingerprint density at radius 1 is 0.605 bits per heavy atom. The highest BCUT2D eigenvalue weighted by atomic mass is 79.9. The molecule has 0 aliphatic carbocycles. The van der Waals surface area contributed by atoms with Crippen molar-refractivity contribution in [1.29, 1.82) is 5.41 Å². The van der Waals surface area contributed by atoms with Crippen LogP contribution < -0.4 is 50.9 Å².